The van der Waals surface area contributed by atoms with Crippen molar-refractivity contribution in [3.05, 3.63) is 6.07 Å². The first-order valence-corrected chi connectivity index (χ1v) is 8.51. The van der Waals surface area contributed by atoms with Crippen molar-refractivity contribution in [2.75, 3.05) is 36.1 Å². The van der Waals surface area contributed by atoms with Crippen molar-refractivity contribution in [3.63, 3.8) is 0 Å². The molecule has 1 aliphatic rings. The average molecular weight is 311 g/mol. The van der Waals surface area contributed by atoms with Crippen molar-refractivity contribution in [2.45, 2.75) is 37.4 Å². The molecule has 21 heavy (non-hydrogen) atoms. The van der Waals surface area contributed by atoms with E-state index in [1.165, 1.54) is 0 Å². The lowest BCUT2D eigenvalue weighted by atomic mass is 10.0. The lowest BCUT2D eigenvalue weighted by Crippen LogP contribution is -2.30. The smallest absolute Gasteiger partial charge is 0.191 e. The lowest BCUT2D eigenvalue weighted by molar-refractivity contribution is 0.257. The van der Waals surface area contributed by atoms with E-state index in [0.29, 0.717) is 11.7 Å². The van der Waals surface area contributed by atoms with E-state index in [1.807, 2.05) is 0 Å². The number of thioether (sulfide) groups is 1. The van der Waals surface area contributed by atoms with Crippen LogP contribution < -0.4 is 16.4 Å². The molecule has 1 aromatic rings. The van der Waals surface area contributed by atoms with Crippen LogP contribution in [0, 0.1) is 5.92 Å². The standard InChI is InChI=1S/C14H25N5OS/c1-2-3-6-21-14-17-12(16)7-13(18-14)19-8-10(4-5-20)11(15)9-19/h7,10-11,20H,2-6,8-9,15H2,1H3,(H2,16,17,18)/t10-,11-/m1/s1. The highest BCUT2D eigenvalue weighted by atomic mass is 32.2. The number of unbranched alkanes of at least 4 members (excludes halogenated alkanes) is 1. The molecule has 118 valence electrons. The molecule has 1 aromatic heterocycles. The fourth-order valence-electron chi connectivity index (χ4n) is 2.52. The van der Waals surface area contributed by atoms with Crippen LogP contribution in [0.5, 0.6) is 0 Å². The molecule has 0 amide bonds. The normalized spacial score (nSPS) is 22.0. The zero-order chi connectivity index (χ0) is 15.2. The van der Waals surface area contributed by atoms with Crippen LogP contribution in [-0.4, -0.2) is 46.6 Å². The van der Waals surface area contributed by atoms with Gasteiger partial charge in [0.2, 0.25) is 0 Å². The highest BCUT2D eigenvalue weighted by Crippen LogP contribution is 2.26. The third-order valence-electron chi connectivity index (χ3n) is 3.76. The molecule has 0 spiro atoms. The van der Waals surface area contributed by atoms with Gasteiger partial charge in [-0.2, -0.15) is 0 Å². The van der Waals surface area contributed by atoms with Crippen LogP contribution in [0.4, 0.5) is 11.6 Å². The van der Waals surface area contributed by atoms with Crippen LogP contribution in [0.25, 0.3) is 0 Å². The van der Waals surface area contributed by atoms with E-state index in [1.54, 1.807) is 17.8 Å². The lowest BCUT2D eigenvalue weighted by Gasteiger charge is -2.18. The predicted octanol–water partition coefficient (Wildman–Crippen LogP) is 1.10. The summed E-state index contributed by atoms with van der Waals surface area (Å²) in [6, 6.07) is 1.88. The minimum absolute atomic E-state index is 0.0736. The summed E-state index contributed by atoms with van der Waals surface area (Å²) in [6.07, 6.45) is 3.04. The van der Waals surface area contributed by atoms with Gasteiger partial charge in [-0.3, -0.25) is 0 Å². The Morgan fingerprint density at radius 2 is 2.24 bits per heavy atom. The largest absolute Gasteiger partial charge is 0.396 e. The van der Waals surface area contributed by atoms with Gasteiger partial charge in [-0.05, 0) is 18.8 Å². The van der Waals surface area contributed by atoms with Gasteiger partial charge in [0.1, 0.15) is 11.6 Å². The zero-order valence-electron chi connectivity index (χ0n) is 12.5. The third kappa shape index (κ3) is 4.46. The van der Waals surface area contributed by atoms with Crippen molar-refractivity contribution in [1.82, 2.24) is 9.97 Å². The number of aliphatic hydroxyl groups is 1. The molecule has 1 saturated heterocycles. The molecule has 0 radical (unpaired) electrons. The third-order valence-corrected chi connectivity index (χ3v) is 4.69. The monoisotopic (exact) mass is 311 g/mol. The fourth-order valence-corrected chi connectivity index (χ4v) is 3.46. The summed E-state index contributed by atoms with van der Waals surface area (Å²) < 4.78 is 0. The summed E-state index contributed by atoms with van der Waals surface area (Å²) in [6.45, 7) is 3.91. The summed E-state index contributed by atoms with van der Waals surface area (Å²) >= 11 is 1.64. The highest BCUT2D eigenvalue weighted by Gasteiger charge is 2.30. The number of aromatic nitrogens is 2. The second-order valence-corrected chi connectivity index (χ2v) is 6.54. The van der Waals surface area contributed by atoms with Gasteiger partial charge >= 0.3 is 0 Å². The van der Waals surface area contributed by atoms with Crippen LogP contribution in [-0.2, 0) is 0 Å². The quantitative estimate of drug-likeness (QED) is 0.394. The van der Waals surface area contributed by atoms with Gasteiger partial charge in [0.25, 0.3) is 0 Å². The first-order valence-electron chi connectivity index (χ1n) is 7.52. The molecule has 2 atom stereocenters. The van der Waals surface area contributed by atoms with Gasteiger partial charge < -0.3 is 21.5 Å². The number of hydrogen-bond donors (Lipinski definition) is 3. The van der Waals surface area contributed by atoms with Crippen molar-refractivity contribution in [2.24, 2.45) is 11.7 Å². The molecule has 6 nitrogen and oxygen atoms in total. The minimum Gasteiger partial charge on any atom is -0.396 e. The second-order valence-electron chi connectivity index (χ2n) is 5.48. The van der Waals surface area contributed by atoms with Gasteiger partial charge in [0.15, 0.2) is 5.16 Å². The Labute approximate surface area is 130 Å². The predicted molar refractivity (Wildman–Crippen MR) is 87.5 cm³/mol. The topological polar surface area (TPSA) is 101 Å². The number of nitrogens with zero attached hydrogens (tertiary/aromatic N) is 3. The summed E-state index contributed by atoms with van der Waals surface area (Å²) in [4.78, 5) is 11.0. The fraction of sp³-hybridized carbons (Fsp3) is 0.714. The Bertz CT molecular complexity index is 459. The van der Waals surface area contributed by atoms with E-state index in [0.717, 1.165) is 49.1 Å². The summed E-state index contributed by atoms with van der Waals surface area (Å²) in [5.74, 6) is 2.66. The molecule has 0 aromatic carbocycles. The number of nitrogens with two attached hydrogens (primary N) is 2. The molecular formula is C14H25N5OS. The Morgan fingerprint density at radius 1 is 1.43 bits per heavy atom. The molecule has 0 unspecified atom stereocenters. The van der Waals surface area contributed by atoms with Crippen molar-refractivity contribution in [1.29, 1.82) is 0 Å². The molecular weight excluding hydrogens is 286 g/mol. The number of aliphatic hydroxyl groups excluding tert-OH is 1. The van der Waals surface area contributed by atoms with E-state index >= 15 is 0 Å². The van der Waals surface area contributed by atoms with Crippen LogP contribution in [0.1, 0.15) is 26.2 Å². The Hall–Kier alpha value is -1.05. The number of nitrogen functional groups attached to an aromatic ring is 1. The van der Waals surface area contributed by atoms with E-state index in [-0.39, 0.29) is 12.6 Å². The Kier molecular flexibility index (Phi) is 6.08. The molecule has 2 rings (SSSR count). The first-order chi connectivity index (χ1) is 10.1. The van der Waals surface area contributed by atoms with Gasteiger partial charge in [-0.1, -0.05) is 25.1 Å². The number of hydrogen-bond acceptors (Lipinski definition) is 7. The van der Waals surface area contributed by atoms with Crippen LogP contribution in [0.15, 0.2) is 11.2 Å². The molecule has 1 aliphatic heterocycles. The van der Waals surface area contributed by atoms with Gasteiger partial charge in [-0.15, -0.1) is 0 Å². The van der Waals surface area contributed by atoms with Crippen LogP contribution in [0.2, 0.25) is 0 Å². The number of anilines is 2. The number of rotatable bonds is 7. The van der Waals surface area contributed by atoms with Crippen LogP contribution in [0.3, 0.4) is 0 Å². The molecule has 0 saturated carbocycles. The molecule has 7 heteroatoms. The first kappa shape index (κ1) is 16.3. The van der Waals surface area contributed by atoms with Gasteiger partial charge in [0.05, 0.1) is 0 Å². The molecule has 0 aliphatic carbocycles. The van der Waals surface area contributed by atoms with Crippen molar-refractivity contribution >= 4 is 23.4 Å². The Balaban J connectivity index is 2.05. The van der Waals surface area contributed by atoms with Crippen molar-refractivity contribution < 1.29 is 5.11 Å². The van der Waals surface area contributed by atoms with Gasteiger partial charge in [-0.25, -0.2) is 9.97 Å². The van der Waals surface area contributed by atoms with E-state index in [4.69, 9.17) is 16.6 Å². The maximum atomic E-state index is 9.09. The summed E-state index contributed by atoms with van der Waals surface area (Å²) in [5, 5.41) is 9.82. The molecule has 5 N–H and O–H groups in total. The minimum atomic E-state index is 0.0736. The molecule has 1 fully saturated rings. The second kappa shape index (κ2) is 7.82. The molecule has 2 heterocycles. The molecule has 0 bridgehead atoms. The Morgan fingerprint density at radius 3 is 2.95 bits per heavy atom. The van der Waals surface area contributed by atoms with E-state index in [2.05, 4.69) is 21.8 Å². The highest BCUT2D eigenvalue weighted by molar-refractivity contribution is 7.99. The zero-order valence-corrected chi connectivity index (χ0v) is 13.4. The van der Waals surface area contributed by atoms with Crippen molar-refractivity contribution in [3.8, 4) is 0 Å². The maximum absolute atomic E-state index is 9.09. The van der Waals surface area contributed by atoms with Crippen LogP contribution >= 0.6 is 11.8 Å². The van der Waals surface area contributed by atoms with Gasteiger partial charge in [0, 0.05) is 37.6 Å². The average Bonchev–Trinajstić information content (AvgIpc) is 2.81. The van der Waals surface area contributed by atoms with E-state index < -0.39 is 0 Å². The SMILES string of the molecule is CCCCSc1nc(N)cc(N2C[C@@H](CCO)[C@H](N)C2)n1. The maximum Gasteiger partial charge on any atom is 0.191 e. The summed E-state index contributed by atoms with van der Waals surface area (Å²) in [7, 11) is 0. The van der Waals surface area contributed by atoms with E-state index in [9.17, 15) is 0 Å². The summed E-state index contributed by atoms with van der Waals surface area (Å²) in [5.41, 5.74) is 12.0.